The van der Waals surface area contributed by atoms with Crippen LogP contribution >= 0.6 is 0 Å². The molecule has 0 spiro atoms. The zero-order valence-electron chi connectivity index (χ0n) is 10.6. The Bertz CT molecular complexity index is 793. The standard InChI is InChI=1S/C14H13N3O2S/c18-20(19,13-6-2-1-3-7-13)15-10-12-11-17-9-5-4-8-14(17)16-12/h1-9,11,15H,10H2. The van der Waals surface area contributed by atoms with Crippen molar-refractivity contribution in [3.05, 3.63) is 66.6 Å². The largest absolute Gasteiger partial charge is 0.307 e. The van der Waals surface area contributed by atoms with E-state index in [4.69, 9.17) is 0 Å². The van der Waals surface area contributed by atoms with E-state index in [2.05, 4.69) is 9.71 Å². The minimum absolute atomic E-state index is 0.166. The monoisotopic (exact) mass is 287 g/mol. The quantitative estimate of drug-likeness (QED) is 0.796. The number of sulfonamides is 1. The summed E-state index contributed by atoms with van der Waals surface area (Å²) in [4.78, 5) is 4.60. The minimum atomic E-state index is -3.50. The second-order valence-corrected chi connectivity index (χ2v) is 6.10. The highest BCUT2D eigenvalue weighted by molar-refractivity contribution is 7.89. The normalized spacial score (nSPS) is 11.8. The van der Waals surface area contributed by atoms with E-state index in [0.29, 0.717) is 5.69 Å². The van der Waals surface area contributed by atoms with Gasteiger partial charge in [-0.15, -0.1) is 0 Å². The average Bonchev–Trinajstić information content (AvgIpc) is 2.89. The molecule has 0 bridgehead atoms. The number of imidazole rings is 1. The van der Waals surface area contributed by atoms with Gasteiger partial charge >= 0.3 is 0 Å². The van der Waals surface area contributed by atoms with E-state index < -0.39 is 10.0 Å². The van der Waals surface area contributed by atoms with Gasteiger partial charge in [-0.05, 0) is 24.3 Å². The molecular weight excluding hydrogens is 274 g/mol. The molecule has 0 unspecified atom stereocenters. The van der Waals surface area contributed by atoms with Crippen LogP contribution in [0.4, 0.5) is 0 Å². The molecule has 102 valence electrons. The number of pyridine rings is 1. The van der Waals surface area contributed by atoms with Crippen molar-refractivity contribution in [3.63, 3.8) is 0 Å². The summed E-state index contributed by atoms with van der Waals surface area (Å²) in [5.41, 5.74) is 1.47. The summed E-state index contributed by atoms with van der Waals surface area (Å²) in [5.74, 6) is 0. The van der Waals surface area contributed by atoms with E-state index in [0.717, 1.165) is 5.65 Å². The molecule has 0 atom stereocenters. The molecule has 3 rings (SSSR count). The summed E-state index contributed by atoms with van der Waals surface area (Å²) in [5, 5.41) is 0. The molecule has 1 aromatic carbocycles. The molecule has 6 heteroatoms. The number of hydrogen-bond acceptors (Lipinski definition) is 3. The van der Waals surface area contributed by atoms with Crippen LogP contribution in [0.5, 0.6) is 0 Å². The Morgan fingerprint density at radius 2 is 1.80 bits per heavy atom. The van der Waals surface area contributed by atoms with Crippen LogP contribution in [-0.4, -0.2) is 17.8 Å². The molecule has 2 heterocycles. The van der Waals surface area contributed by atoms with Crippen LogP contribution in [0.2, 0.25) is 0 Å². The van der Waals surface area contributed by atoms with Gasteiger partial charge < -0.3 is 4.40 Å². The van der Waals surface area contributed by atoms with Gasteiger partial charge in [0.1, 0.15) is 5.65 Å². The van der Waals surface area contributed by atoms with Crippen LogP contribution in [0.3, 0.4) is 0 Å². The molecule has 20 heavy (non-hydrogen) atoms. The number of nitrogens with one attached hydrogen (secondary N) is 1. The molecule has 2 aromatic heterocycles. The molecule has 0 radical (unpaired) electrons. The van der Waals surface area contributed by atoms with Crippen LogP contribution < -0.4 is 4.72 Å². The fourth-order valence-corrected chi connectivity index (χ4v) is 2.94. The number of nitrogens with zero attached hydrogens (tertiary/aromatic N) is 2. The maximum Gasteiger partial charge on any atom is 0.240 e. The second-order valence-electron chi connectivity index (χ2n) is 4.34. The first-order valence-electron chi connectivity index (χ1n) is 6.12. The second kappa shape index (κ2) is 5.07. The van der Waals surface area contributed by atoms with Gasteiger partial charge in [-0.2, -0.15) is 0 Å². The lowest BCUT2D eigenvalue weighted by atomic mass is 10.4. The highest BCUT2D eigenvalue weighted by atomic mass is 32.2. The molecule has 1 N–H and O–H groups in total. The zero-order chi connectivity index (χ0) is 14.0. The first-order chi connectivity index (χ1) is 9.65. The predicted octanol–water partition coefficient (Wildman–Crippen LogP) is 1.81. The number of rotatable bonds is 4. The van der Waals surface area contributed by atoms with Gasteiger partial charge in [0, 0.05) is 12.4 Å². The van der Waals surface area contributed by atoms with Gasteiger partial charge in [-0.25, -0.2) is 18.1 Å². The number of aromatic nitrogens is 2. The van der Waals surface area contributed by atoms with Crippen molar-refractivity contribution in [2.24, 2.45) is 0 Å². The van der Waals surface area contributed by atoms with Gasteiger partial charge in [0.15, 0.2) is 0 Å². The van der Waals surface area contributed by atoms with Crippen molar-refractivity contribution in [2.45, 2.75) is 11.4 Å². The first kappa shape index (κ1) is 12.8. The predicted molar refractivity (Wildman–Crippen MR) is 75.7 cm³/mol. The SMILES string of the molecule is O=S(=O)(NCc1cn2ccccc2n1)c1ccccc1. The van der Waals surface area contributed by atoms with Gasteiger partial charge in [0.05, 0.1) is 17.1 Å². The van der Waals surface area contributed by atoms with E-state index in [1.807, 2.05) is 35.0 Å². The lowest BCUT2D eigenvalue weighted by Crippen LogP contribution is -2.23. The molecule has 0 aliphatic carbocycles. The van der Waals surface area contributed by atoms with E-state index in [9.17, 15) is 8.42 Å². The van der Waals surface area contributed by atoms with Gasteiger partial charge in [-0.1, -0.05) is 24.3 Å². The lowest BCUT2D eigenvalue weighted by molar-refractivity contribution is 0.580. The summed E-state index contributed by atoms with van der Waals surface area (Å²) in [6, 6.07) is 13.9. The van der Waals surface area contributed by atoms with Gasteiger partial charge in [0.2, 0.25) is 10.0 Å². The third-order valence-electron chi connectivity index (χ3n) is 2.91. The summed E-state index contributed by atoms with van der Waals surface area (Å²) in [6.45, 7) is 0.166. The van der Waals surface area contributed by atoms with Crippen LogP contribution in [0, 0.1) is 0 Å². The fraction of sp³-hybridized carbons (Fsp3) is 0.0714. The molecule has 0 fully saturated rings. The molecule has 0 saturated heterocycles. The van der Waals surface area contributed by atoms with Crippen LogP contribution in [0.15, 0.2) is 65.8 Å². The summed E-state index contributed by atoms with van der Waals surface area (Å²) >= 11 is 0. The van der Waals surface area contributed by atoms with Crippen molar-refractivity contribution in [1.82, 2.24) is 14.1 Å². The zero-order valence-corrected chi connectivity index (χ0v) is 11.4. The molecule has 5 nitrogen and oxygen atoms in total. The highest BCUT2D eigenvalue weighted by Gasteiger charge is 2.13. The number of fused-ring (bicyclic) bond motifs is 1. The third-order valence-corrected chi connectivity index (χ3v) is 4.33. The lowest BCUT2D eigenvalue weighted by Gasteiger charge is -2.04. The maximum absolute atomic E-state index is 12.1. The van der Waals surface area contributed by atoms with Gasteiger partial charge in [-0.3, -0.25) is 0 Å². The number of hydrogen-bond donors (Lipinski definition) is 1. The topological polar surface area (TPSA) is 63.5 Å². The van der Waals surface area contributed by atoms with E-state index in [1.165, 1.54) is 0 Å². The van der Waals surface area contributed by atoms with Crippen LogP contribution in [0.1, 0.15) is 5.69 Å². The smallest absolute Gasteiger partial charge is 0.240 e. The summed E-state index contributed by atoms with van der Waals surface area (Å²) in [6.07, 6.45) is 3.68. The van der Waals surface area contributed by atoms with Crippen molar-refractivity contribution >= 4 is 15.7 Å². The molecule has 0 aliphatic heterocycles. The molecule has 0 aliphatic rings. The van der Waals surface area contributed by atoms with Crippen molar-refractivity contribution in [1.29, 1.82) is 0 Å². The minimum Gasteiger partial charge on any atom is -0.307 e. The van der Waals surface area contributed by atoms with Crippen LogP contribution in [-0.2, 0) is 16.6 Å². The molecular formula is C14H13N3O2S. The van der Waals surface area contributed by atoms with E-state index in [1.54, 1.807) is 30.3 Å². The highest BCUT2D eigenvalue weighted by Crippen LogP contribution is 2.09. The van der Waals surface area contributed by atoms with Crippen molar-refractivity contribution < 1.29 is 8.42 Å². The Labute approximate surface area is 117 Å². The maximum atomic E-state index is 12.1. The van der Waals surface area contributed by atoms with E-state index in [-0.39, 0.29) is 11.4 Å². The first-order valence-corrected chi connectivity index (χ1v) is 7.61. The average molecular weight is 287 g/mol. The Balaban J connectivity index is 1.79. The Morgan fingerprint density at radius 3 is 2.55 bits per heavy atom. The van der Waals surface area contributed by atoms with Gasteiger partial charge in [0.25, 0.3) is 0 Å². The van der Waals surface area contributed by atoms with Crippen LogP contribution in [0.25, 0.3) is 5.65 Å². The Hall–Kier alpha value is -2.18. The summed E-state index contributed by atoms with van der Waals surface area (Å²) < 4.78 is 28.6. The Kier molecular flexibility index (Phi) is 3.25. The van der Waals surface area contributed by atoms with Crippen molar-refractivity contribution in [2.75, 3.05) is 0 Å². The fourth-order valence-electron chi connectivity index (χ4n) is 1.92. The Morgan fingerprint density at radius 1 is 1.05 bits per heavy atom. The molecule has 0 saturated carbocycles. The van der Waals surface area contributed by atoms with E-state index >= 15 is 0 Å². The molecule has 3 aromatic rings. The third kappa shape index (κ3) is 2.56. The molecule has 0 amide bonds. The van der Waals surface area contributed by atoms with Crippen molar-refractivity contribution in [3.8, 4) is 0 Å². The number of benzene rings is 1. The summed E-state index contributed by atoms with van der Waals surface area (Å²) in [7, 11) is -3.50.